The molecule has 0 spiro atoms. The van der Waals surface area contributed by atoms with E-state index in [1.807, 2.05) is 6.92 Å². The minimum absolute atomic E-state index is 0.204. The highest BCUT2D eigenvalue weighted by molar-refractivity contribution is 7.85. The predicted octanol–water partition coefficient (Wildman–Crippen LogP) is -0.405. The van der Waals surface area contributed by atoms with Crippen LogP contribution in [0.1, 0.15) is 26.2 Å². The molecule has 0 saturated carbocycles. The minimum atomic E-state index is -4.11. The Morgan fingerprint density at radius 1 is 1.37 bits per heavy atom. The summed E-state index contributed by atoms with van der Waals surface area (Å²) in [5.41, 5.74) is 0. The molecule has 7 nitrogen and oxygen atoms in total. The standard InChI is InChI=1S/C10H20N2O5S2/c1-2-3-9(13)12-8(4-6-18)10(14)11-5-7-19(15,16)17/h8,18H,2-7H2,1H3,(H,11,14)(H,12,13)(H,15,16,17). The van der Waals surface area contributed by atoms with Crippen molar-refractivity contribution >= 4 is 34.6 Å². The average Bonchev–Trinajstić information content (AvgIpc) is 2.27. The third kappa shape index (κ3) is 9.74. The number of amides is 2. The van der Waals surface area contributed by atoms with Crippen molar-refractivity contribution in [1.82, 2.24) is 10.6 Å². The maximum atomic E-state index is 11.7. The van der Waals surface area contributed by atoms with Gasteiger partial charge in [0, 0.05) is 13.0 Å². The first kappa shape index (κ1) is 18.2. The molecule has 1 unspecified atom stereocenters. The quantitative estimate of drug-likeness (QED) is 0.342. The van der Waals surface area contributed by atoms with Crippen LogP contribution in [-0.2, 0) is 19.7 Å². The molecule has 0 bridgehead atoms. The van der Waals surface area contributed by atoms with Crippen molar-refractivity contribution in [2.75, 3.05) is 18.1 Å². The molecule has 0 aliphatic carbocycles. The molecule has 0 aromatic heterocycles. The smallest absolute Gasteiger partial charge is 0.266 e. The van der Waals surface area contributed by atoms with E-state index in [1.165, 1.54) is 0 Å². The molecule has 0 saturated heterocycles. The summed E-state index contributed by atoms with van der Waals surface area (Å²) in [6.45, 7) is 1.64. The monoisotopic (exact) mass is 312 g/mol. The van der Waals surface area contributed by atoms with Gasteiger partial charge in [0.2, 0.25) is 11.8 Å². The lowest BCUT2D eigenvalue weighted by Crippen LogP contribution is -2.47. The Morgan fingerprint density at radius 3 is 2.47 bits per heavy atom. The van der Waals surface area contributed by atoms with Gasteiger partial charge in [0.25, 0.3) is 10.1 Å². The Kier molecular flexibility index (Phi) is 8.77. The van der Waals surface area contributed by atoms with Gasteiger partial charge in [0.15, 0.2) is 0 Å². The van der Waals surface area contributed by atoms with Crippen LogP contribution in [0.15, 0.2) is 0 Å². The topological polar surface area (TPSA) is 113 Å². The van der Waals surface area contributed by atoms with Crippen molar-refractivity contribution < 1.29 is 22.6 Å². The van der Waals surface area contributed by atoms with Crippen LogP contribution in [0.4, 0.5) is 0 Å². The summed E-state index contributed by atoms with van der Waals surface area (Å²) in [7, 11) is -4.11. The maximum Gasteiger partial charge on any atom is 0.266 e. The molecule has 0 aromatic carbocycles. The van der Waals surface area contributed by atoms with Gasteiger partial charge in [-0.2, -0.15) is 21.0 Å². The molecule has 0 fully saturated rings. The molecule has 0 heterocycles. The zero-order valence-electron chi connectivity index (χ0n) is 10.8. The fourth-order valence-corrected chi connectivity index (χ4v) is 1.94. The Bertz CT molecular complexity index is 397. The minimum Gasteiger partial charge on any atom is -0.353 e. The molecule has 112 valence electrons. The number of hydrogen-bond acceptors (Lipinski definition) is 5. The summed E-state index contributed by atoms with van der Waals surface area (Å²) in [6.07, 6.45) is 1.33. The number of nitrogens with one attached hydrogen (secondary N) is 2. The van der Waals surface area contributed by atoms with Crippen molar-refractivity contribution in [1.29, 1.82) is 0 Å². The largest absolute Gasteiger partial charge is 0.353 e. The summed E-state index contributed by atoms with van der Waals surface area (Å²) >= 11 is 4.00. The van der Waals surface area contributed by atoms with Gasteiger partial charge in [0.1, 0.15) is 6.04 Å². The van der Waals surface area contributed by atoms with Crippen LogP contribution in [0.5, 0.6) is 0 Å². The van der Waals surface area contributed by atoms with Crippen molar-refractivity contribution in [3.05, 3.63) is 0 Å². The SMILES string of the molecule is CCCC(=O)NC(CCS)C(=O)NCCS(=O)(=O)O. The normalized spacial score (nSPS) is 12.8. The van der Waals surface area contributed by atoms with E-state index in [9.17, 15) is 18.0 Å². The molecule has 1 atom stereocenters. The van der Waals surface area contributed by atoms with Gasteiger partial charge in [-0.25, -0.2) is 0 Å². The third-order valence-electron chi connectivity index (χ3n) is 2.21. The first-order valence-electron chi connectivity index (χ1n) is 5.93. The number of thiol groups is 1. The fourth-order valence-electron chi connectivity index (χ4n) is 1.32. The molecule has 0 aliphatic rings. The van der Waals surface area contributed by atoms with Crippen LogP contribution < -0.4 is 10.6 Å². The van der Waals surface area contributed by atoms with Crippen molar-refractivity contribution in [3.8, 4) is 0 Å². The van der Waals surface area contributed by atoms with Gasteiger partial charge in [0.05, 0.1) is 5.75 Å². The highest BCUT2D eigenvalue weighted by atomic mass is 32.2. The second-order valence-electron chi connectivity index (χ2n) is 3.96. The summed E-state index contributed by atoms with van der Waals surface area (Å²) in [5.74, 6) is -0.876. The van der Waals surface area contributed by atoms with E-state index >= 15 is 0 Å². The lowest BCUT2D eigenvalue weighted by molar-refractivity contribution is -0.129. The fraction of sp³-hybridized carbons (Fsp3) is 0.800. The van der Waals surface area contributed by atoms with E-state index in [4.69, 9.17) is 4.55 Å². The first-order valence-corrected chi connectivity index (χ1v) is 8.17. The Labute approximate surface area is 118 Å². The molecule has 0 rings (SSSR count). The highest BCUT2D eigenvalue weighted by Gasteiger charge is 2.19. The van der Waals surface area contributed by atoms with Crippen molar-refractivity contribution in [2.45, 2.75) is 32.2 Å². The predicted molar refractivity (Wildman–Crippen MR) is 74.7 cm³/mol. The molecule has 0 radical (unpaired) electrons. The van der Waals surface area contributed by atoms with Crippen LogP contribution in [0.3, 0.4) is 0 Å². The van der Waals surface area contributed by atoms with Crippen LogP contribution in [-0.4, -0.2) is 48.9 Å². The second kappa shape index (κ2) is 9.16. The molecular weight excluding hydrogens is 292 g/mol. The molecule has 9 heteroatoms. The lowest BCUT2D eigenvalue weighted by Gasteiger charge is -2.17. The molecule has 2 amide bonds. The van der Waals surface area contributed by atoms with Gasteiger partial charge in [-0.05, 0) is 18.6 Å². The summed E-state index contributed by atoms with van der Waals surface area (Å²) in [6, 6.07) is -0.738. The van der Waals surface area contributed by atoms with Gasteiger partial charge in [-0.1, -0.05) is 6.92 Å². The summed E-state index contributed by atoms with van der Waals surface area (Å²) in [4.78, 5) is 23.1. The number of carbonyl (C=O) groups excluding carboxylic acids is 2. The van der Waals surface area contributed by atoms with E-state index < -0.39 is 27.8 Å². The van der Waals surface area contributed by atoms with Gasteiger partial charge in [-0.3, -0.25) is 14.1 Å². The van der Waals surface area contributed by atoms with Crippen molar-refractivity contribution in [2.24, 2.45) is 0 Å². The second-order valence-corrected chi connectivity index (χ2v) is 5.98. The van der Waals surface area contributed by atoms with Crippen LogP contribution in [0.25, 0.3) is 0 Å². The van der Waals surface area contributed by atoms with E-state index in [-0.39, 0.29) is 12.5 Å². The molecule has 3 N–H and O–H groups in total. The summed E-state index contributed by atoms with van der Waals surface area (Å²) in [5, 5.41) is 4.90. The van der Waals surface area contributed by atoms with E-state index in [0.717, 1.165) is 0 Å². The van der Waals surface area contributed by atoms with Crippen LogP contribution >= 0.6 is 12.6 Å². The van der Waals surface area contributed by atoms with Gasteiger partial charge < -0.3 is 10.6 Å². The third-order valence-corrected chi connectivity index (χ3v) is 3.18. The Balaban J connectivity index is 4.28. The van der Waals surface area contributed by atoms with Gasteiger partial charge in [-0.15, -0.1) is 0 Å². The Morgan fingerprint density at radius 2 is 2.00 bits per heavy atom. The molecule has 0 aromatic rings. The average molecular weight is 312 g/mol. The first-order chi connectivity index (χ1) is 8.80. The van der Waals surface area contributed by atoms with E-state index in [2.05, 4.69) is 23.3 Å². The van der Waals surface area contributed by atoms with Crippen molar-refractivity contribution in [3.63, 3.8) is 0 Å². The summed E-state index contributed by atoms with van der Waals surface area (Å²) < 4.78 is 29.5. The van der Waals surface area contributed by atoms with Crippen LogP contribution in [0.2, 0.25) is 0 Å². The van der Waals surface area contributed by atoms with Crippen LogP contribution in [0, 0.1) is 0 Å². The zero-order chi connectivity index (χ0) is 14.9. The number of carbonyl (C=O) groups is 2. The number of hydrogen-bond donors (Lipinski definition) is 4. The Hall–Kier alpha value is -0.800. The lowest BCUT2D eigenvalue weighted by atomic mass is 10.2. The van der Waals surface area contributed by atoms with E-state index in [0.29, 0.717) is 25.0 Å². The maximum absolute atomic E-state index is 11.7. The molecular formula is C10H20N2O5S2. The van der Waals surface area contributed by atoms with Gasteiger partial charge >= 0.3 is 0 Å². The number of rotatable bonds is 9. The highest BCUT2D eigenvalue weighted by Crippen LogP contribution is 1.97. The zero-order valence-corrected chi connectivity index (χ0v) is 12.5. The molecule has 19 heavy (non-hydrogen) atoms. The van der Waals surface area contributed by atoms with E-state index in [1.54, 1.807) is 0 Å². The molecule has 0 aliphatic heterocycles.